The fraction of sp³-hybridized carbons (Fsp3) is 1.00. The minimum absolute atomic E-state index is 0.357. The molecule has 1 unspecified atom stereocenters. The van der Waals surface area contributed by atoms with Gasteiger partial charge in [0.25, 0.3) is 0 Å². The largest absolute Gasteiger partial charge is 0.419 e. The maximum atomic E-state index is 13.0. The molecule has 1 rings (SSSR count). The van der Waals surface area contributed by atoms with Gasteiger partial charge in [0.2, 0.25) is 0 Å². The van der Waals surface area contributed by atoms with Crippen LogP contribution in [-0.4, -0.2) is 18.9 Å². The van der Waals surface area contributed by atoms with Crippen LogP contribution in [0.4, 0.5) is 17.6 Å². The van der Waals surface area contributed by atoms with Crippen molar-refractivity contribution in [1.29, 1.82) is 0 Å². The number of rotatable bonds is 4. The number of hydrogen-bond donors (Lipinski definition) is 1. The molecule has 1 aliphatic carbocycles. The van der Waals surface area contributed by atoms with Gasteiger partial charge in [-0.25, -0.2) is 4.39 Å². The molecule has 0 aromatic rings. The van der Waals surface area contributed by atoms with Crippen molar-refractivity contribution >= 4 is 0 Å². The Bertz CT molecular complexity index is 197. The van der Waals surface area contributed by atoms with Gasteiger partial charge in [0.05, 0.1) is 0 Å². The second-order valence-electron chi connectivity index (χ2n) is 4.66. The summed E-state index contributed by atoms with van der Waals surface area (Å²) < 4.78 is 49.5. The molecule has 1 fully saturated rings. The molecule has 0 aromatic carbocycles. The number of hydrogen-bond acceptors (Lipinski definition) is 1. The molecule has 16 heavy (non-hydrogen) atoms. The number of alkyl halides is 4. The summed E-state index contributed by atoms with van der Waals surface area (Å²) in [5, 5.41) is 0. The van der Waals surface area contributed by atoms with E-state index in [1.165, 1.54) is 0 Å². The second kappa shape index (κ2) is 5.84. The number of halogens is 4. The Morgan fingerprint density at radius 1 is 1.12 bits per heavy atom. The molecule has 96 valence electrons. The molecule has 0 radical (unpaired) electrons. The summed E-state index contributed by atoms with van der Waals surface area (Å²) in [5.74, 6) is -0.380. The van der Waals surface area contributed by atoms with Crippen molar-refractivity contribution in [2.45, 2.75) is 50.9 Å². The molecule has 0 bridgehead atoms. The zero-order chi connectivity index (χ0) is 12.2. The second-order valence-corrected chi connectivity index (χ2v) is 4.66. The van der Waals surface area contributed by atoms with E-state index < -0.39 is 18.3 Å². The van der Waals surface area contributed by atoms with E-state index in [0.29, 0.717) is 38.1 Å². The van der Waals surface area contributed by atoms with Crippen molar-refractivity contribution in [3.05, 3.63) is 0 Å². The van der Waals surface area contributed by atoms with Crippen molar-refractivity contribution in [2.24, 2.45) is 17.6 Å². The van der Waals surface area contributed by atoms with E-state index in [1.54, 1.807) is 0 Å². The molecular weight excluding hydrogens is 222 g/mol. The van der Waals surface area contributed by atoms with Gasteiger partial charge in [-0.1, -0.05) is 12.8 Å². The van der Waals surface area contributed by atoms with E-state index in [2.05, 4.69) is 0 Å². The third-order valence-electron chi connectivity index (χ3n) is 3.43. The van der Waals surface area contributed by atoms with Crippen molar-refractivity contribution in [3.63, 3.8) is 0 Å². The first-order chi connectivity index (χ1) is 7.45. The quantitative estimate of drug-likeness (QED) is 0.750. The zero-order valence-corrected chi connectivity index (χ0v) is 9.27. The Labute approximate surface area is 93.4 Å². The molecule has 0 spiro atoms. The summed E-state index contributed by atoms with van der Waals surface area (Å²) in [7, 11) is 0. The van der Waals surface area contributed by atoms with E-state index in [1.807, 2.05) is 0 Å². The first-order valence-corrected chi connectivity index (χ1v) is 5.86. The first-order valence-electron chi connectivity index (χ1n) is 5.86. The Hall–Kier alpha value is -0.320. The lowest BCUT2D eigenvalue weighted by molar-refractivity contribution is -0.197. The lowest BCUT2D eigenvalue weighted by Crippen LogP contribution is -2.34. The van der Waals surface area contributed by atoms with E-state index >= 15 is 0 Å². The minimum Gasteiger partial charge on any atom is -0.330 e. The molecule has 0 aliphatic heterocycles. The molecule has 0 aromatic heterocycles. The highest BCUT2D eigenvalue weighted by Crippen LogP contribution is 2.39. The van der Waals surface area contributed by atoms with Gasteiger partial charge in [-0.2, -0.15) is 13.2 Å². The summed E-state index contributed by atoms with van der Waals surface area (Å²) in [5.41, 5.74) is 5.37. The molecule has 1 aliphatic rings. The third kappa shape index (κ3) is 3.92. The average Bonchev–Trinajstić information content (AvgIpc) is 2.25. The van der Waals surface area contributed by atoms with Crippen molar-refractivity contribution in [2.75, 3.05) is 6.54 Å². The smallest absolute Gasteiger partial charge is 0.330 e. The molecule has 0 amide bonds. The van der Waals surface area contributed by atoms with Crippen LogP contribution in [0.15, 0.2) is 0 Å². The Balaban J connectivity index is 2.31. The summed E-state index contributed by atoms with van der Waals surface area (Å²) >= 11 is 0. The van der Waals surface area contributed by atoms with Crippen LogP contribution < -0.4 is 5.73 Å². The summed E-state index contributed by atoms with van der Waals surface area (Å²) in [6.45, 7) is 0.619. The molecule has 1 atom stereocenters. The van der Waals surface area contributed by atoms with Gasteiger partial charge in [0.1, 0.15) is 0 Å². The van der Waals surface area contributed by atoms with Gasteiger partial charge in [0, 0.05) is 0 Å². The summed E-state index contributed by atoms with van der Waals surface area (Å²) in [6.07, 6.45) is -3.31. The van der Waals surface area contributed by atoms with Crippen LogP contribution in [0.25, 0.3) is 0 Å². The van der Waals surface area contributed by atoms with Crippen LogP contribution in [0.2, 0.25) is 0 Å². The van der Waals surface area contributed by atoms with Crippen molar-refractivity contribution in [3.8, 4) is 0 Å². The molecule has 1 saturated carbocycles. The molecular formula is C11H19F4N. The van der Waals surface area contributed by atoms with Crippen LogP contribution >= 0.6 is 0 Å². The molecule has 0 heterocycles. The maximum Gasteiger partial charge on any atom is 0.419 e. The van der Waals surface area contributed by atoms with E-state index in [4.69, 9.17) is 5.73 Å². The van der Waals surface area contributed by atoms with Crippen LogP contribution in [0, 0.1) is 11.8 Å². The van der Waals surface area contributed by atoms with E-state index in [-0.39, 0.29) is 0 Å². The van der Waals surface area contributed by atoms with Crippen LogP contribution in [0.3, 0.4) is 0 Å². The minimum atomic E-state index is -4.69. The molecule has 5 heteroatoms. The third-order valence-corrected chi connectivity index (χ3v) is 3.43. The standard InChI is InChI=1S/C11H19F4N/c12-10(11(13,14)15)9-5-3-8(4-6-9)2-1-7-16/h8-10H,1-7,16H2. The average molecular weight is 241 g/mol. The SMILES string of the molecule is NCCCC1CCC(C(F)C(F)(F)F)CC1. The Morgan fingerprint density at radius 2 is 1.69 bits per heavy atom. The van der Waals surface area contributed by atoms with Crippen LogP contribution in [-0.2, 0) is 0 Å². The fourth-order valence-electron chi connectivity index (χ4n) is 2.44. The molecule has 1 nitrogen and oxygen atoms in total. The van der Waals surface area contributed by atoms with Crippen LogP contribution in [0.1, 0.15) is 38.5 Å². The maximum absolute atomic E-state index is 13.0. The summed E-state index contributed by atoms with van der Waals surface area (Å²) in [4.78, 5) is 0. The Morgan fingerprint density at radius 3 is 2.12 bits per heavy atom. The molecule has 2 N–H and O–H groups in total. The monoisotopic (exact) mass is 241 g/mol. The van der Waals surface area contributed by atoms with Gasteiger partial charge < -0.3 is 5.73 Å². The zero-order valence-electron chi connectivity index (χ0n) is 9.27. The van der Waals surface area contributed by atoms with Gasteiger partial charge in [-0.05, 0) is 44.1 Å². The predicted molar refractivity (Wildman–Crippen MR) is 54.7 cm³/mol. The van der Waals surface area contributed by atoms with Crippen LogP contribution in [0.5, 0.6) is 0 Å². The molecule has 0 saturated heterocycles. The predicted octanol–water partition coefficient (Wildman–Crippen LogP) is 3.43. The first kappa shape index (κ1) is 13.7. The van der Waals surface area contributed by atoms with Gasteiger partial charge >= 0.3 is 6.18 Å². The fourth-order valence-corrected chi connectivity index (χ4v) is 2.44. The number of nitrogens with two attached hydrogens (primary N) is 1. The van der Waals surface area contributed by atoms with E-state index in [9.17, 15) is 17.6 Å². The van der Waals surface area contributed by atoms with Gasteiger partial charge in [0.15, 0.2) is 6.17 Å². The van der Waals surface area contributed by atoms with Crippen molar-refractivity contribution in [1.82, 2.24) is 0 Å². The highest BCUT2D eigenvalue weighted by molar-refractivity contribution is 4.81. The van der Waals surface area contributed by atoms with Gasteiger partial charge in [-0.15, -0.1) is 0 Å². The van der Waals surface area contributed by atoms with Gasteiger partial charge in [-0.3, -0.25) is 0 Å². The lowest BCUT2D eigenvalue weighted by Gasteiger charge is -2.31. The van der Waals surface area contributed by atoms with E-state index in [0.717, 1.165) is 12.8 Å². The Kier molecular flexibility index (Phi) is 5.02. The lowest BCUT2D eigenvalue weighted by atomic mass is 9.78. The highest BCUT2D eigenvalue weighted by Gasteiger charge is 2.45. The normalized spacial score (nSPS) is 29.1. The summed E-state index contributed by atoms with van der Waals surface area (Å²) in [6, 6.07) is 0. The topological polar surface area (TPSA) is 26.0 Å². The highest BCUT2D eigenvalue weighted by atomic mass is 19.4. The van der Waals surface area contributed by atoms with Crippen molar-refractivity contribution < 1.29 is 17.6 Å².